The van der Waals surface area contributed by atoms with Crippen molar-refractivity contribution in [3.8, 4) is 34.1 Å². The molecule has 80 heavy (non-hydrogen) atoms. The van der Waals surface area contributed by atoms with Gasteiger partial charge in [0.2, 0.25) is 0 Å². The fraction of sp³-hybridized carbons (Fsp3) is 0.167. The van der Waals surface area contributed by atoms with Gasteiger partial charge in [-0.3, -0.25) is 0 Å². The monoisotopic (exact) mass is 1220 g/mol. The van der Waals surface area contributed by atoms with Crippen LogP contribution in [-0.4, -0.2) is 14.1 Å². The maximum atomic E-state index is 6.89. The first-order chi connectivity index (χ1) is 38.0. The number of ether oxygens (including phenoxy) is 1. The molecule has 0 N–H and O–H groups in total. The van der Waals surface area contributed by atoms with Crippen LogP contribution in [0.15, 0.2) is 199 Å². The average molecular weight is 1220 g/mol. The SMILES string of the molecule is CC(C)(C)c1cc(N2[CH-]N(c3[c-]c(Oc4[c-]c5c(cc4)c4cc(-n6c7ccccc7c7ccccc76)ccc4n5-c4cc(C(C)(C)C)ccn4)ccc3)c3cccc(-c4cccc5c4oc4ccccc45)c32)cc(C(C)(C)C)c1.[Pt]. The number of pyridine rings is 1. The minimum Gasteiger partial charge on any atom is -0.509 e. The summed E-state index contributed by atoms with van der Waals surface area (Å²) in [5, 5.41) is 6.80. The molecule has 0 saturated carbocycles. The number of aromatic nitrogens is 3. The molecule has 0 fully saturated rings. The third kappa shape index (κ3) is 8.48. The number of furan rings is 1. The van der Waals surface area contributed by atoms with Crippen LogP contribution in [0.25, 0.3) is 88.2 Å². The summed E-state index contributed by atoms with van der Waals surface area (Å²) in [7, 11) is 0. The molecular weight excluding hydrogens is 1160 g/mol. The van der Waals surface area contributed by atoms with Crippen LogP contribution in [0.2, 0.25) is 0 Å². The molecule has 398 valence electrons. The van der Waals surface area contributed by atoms with Gasteiger partial charge in [-0.2, -0.15) is 12.1 Å². The van der Waals surface area contributed by atoms with Gasteiger partial charge in [-0.1, -0.05) is 159 Å². The molecule has 9 aromatic carbocycles. The topological polar surface area (TPSA) is 51.6 Å². The first-order valence-corrected chi connectivity index (χ1v) is 27.3. The fourth-order valence-corrected chi connectivity index (χ4v) is 11.7. The zero-order chi connectivity index (χ0) is 54.1. The summed E-state index contributed by atoms with van der Waals surface area (Å²) in [6.07, 6.45) is 1.92. The fourth-order valence-electron chi connectivity index (χ4n) is 11.7. The van der Waals surface area contributed by atoms with E-state index in [2.05, 4.69) is 264 Å². The van der Waals surface area contributed by atoms with E-state index in [1.54, 1.807) is 0 Å². The Hall–Kier alpha value is -8.38. The van der Waals surface area contributed by atoms with Crippen molar-refractivity contribution in [2.45, 2.75) is 78.6 Å². The van der Waals surface area contributed by atoms with Gasteiger partial charge in [0, 0.05) is 99.7 Å². The number of nitrogens with zero attached hydrogens (tertiary/aromatic N) is 5. The van der Waals surface area contributed by atoms with Crippen LogP contribution in [0.1, 0.15) is 79.0 Å². The Bertz CT molecular complexity index is 4510. The summed E-state index contributed by atoms with van der Waals surface area (Å²) in [6.45, 7) is 22.7. The van der Waals surface area contributed by atoms with Crippen molar-refractivity contribution in [2.75, 3.05) is 9.80 Å². The molecule has 8 heteroatoms. The second-order valence-electron chi connectivity index (χ2n) is 24.2. The van der Waals surface area contributed by atoms with Crippen LogP contribution < -0.4 is 14.5 Å². The van der Waals surface area contributed by atoms with Gasteiger partial charge in [-0.05, 0) is 105 Å². The Morgan fingerprint density at radius 3 is 1.81 bits per heavy atom. The molecule has 0 amide bonds. The molecule has 4 aromatic heterocycles. The minimum atomic E-state index is -0.0884. The van der Waals surface area contributed by atoms with E-state index in [0.29, 0.717) is 11.5 Å². The van der Waals surface area contributed by atoms with Crippen molar-refractivity contribution in [3.63, 3.8) is 0 Å². The molecule has 1 aliphatic heterocycles. The van der Waals surface area contributed by atoms with E-state index < -0.39 is 0 Å². The zero-order valence-corrected chi connectivity index (χ0v) is 48.7. The van der Waals surface area contributed by atoms with Gasteiger partial charge >= 0.3 is 0 Å². The molecule has 0 bridgehead atoms. The van der Waals surface area contributed by atoms with Gasteiger partial charge in [0.1, 0.15) is 17.0 Å². The van der Waals surface area contributed by atoms with Crippen LogP contribution in [0.4, 0.5) is 22.7 Å². The van der Waals surface area contributed by atoms with Crippen molar-refractivity contribution in [1.29, 1.82) is 0 Å². The normalized spacial score (nSPS) is 13.1. The molecule has 0 unspecified atom stereocenters. The molecule has 0 atom stereocenters. The molecule has 13 aromatic rings. The first-order valence-electron chi connectivity index (χ1n) is 27.3. The number of benzene rings is 9. The Labute approximate surface area is 481 Å². The smallest absolute Gasteiger partial charge is 0.143 e. The number of hydrogen-bond donors (Lipinski definition) is 0. The van der Waals surface area contributed by atoms with Crippen LogP contribution in [0.3, 0.4) is 0 Å². The molecule has 0 spiro atoms. The van der Waals surface area contributed by atoms with Crippen LogP contribution in [0.5, 0.6) is 11.5 Å². The third-order valence-electron chi connectivity index (χ3n) is 15.9. The van der Waals surface area contributed by atoms with E-state index in [1.807, 2.05) is 30.5 Å². The van der Waals surface area contributed by atoms with Crippen LogP contribution >= 0.6 is 0 Å². The van der Waals surface area contributed by atoms with E-state index in [1.165, 1.54) is 38.5 Å². The first kappa shape index (κ1) is 51.1. The van der Waals surface area contributed by atoms with E-state index in [-0.39, 0.29) is 37.3 Å². The summed E-state index contributed by atoms with van der Waals surface area (Å²) in [5.41, 5.74) is 16.6. The maximum absolute atomic E-state index is 6.89. The summed E-state index contributed by atoms with van der Waals surface area (Å²) in [6, 6.07) is 74.6. The van der Waals surface area contributed by atoms with Crippen LogP contribution in [-0.2, 0) is 37.3 Å². The predicted octanol–water partition coefficient (Wildman–Crippen LogP) is 19.5. The zero-order valence-electron chi connectivity index (χ0n) is 46.4. The number of fused-ring (bicyclic) bond motifs is 10. The van der Waals surface area contributed by atoms with Gasteiger partial charge in [0.25, 0.3) is 0 Å². The molecular formula is C72H60N5O2Pt-3. The van der Waals surface area contributed by atoms with Crippen molar-refractivity contribution in [2.24, 2.45) is 0 Å². The Morgan fingerprint density at radius 2 is 1.09 bits per heavy atom. The molecule has 5 heterocycles. The second kappa shape index (κ2) is 18.9. The van der Waals surface area contributed by atoms with Crippen molar-refractivity contribution in [1.82, 2.24) is 14.1 Å². The Balaban J connectivity index is 0.00000605. The van der Waals surface area contributed by atoms with Gasteiger partial charge in [0.15, 0.2) is 0 Å². The summed E-state index contributed by atoms with van der Waals surface area (Å²) < 4.78 is 18.2. The Morgan fingerprint density at radius 1 is 0.463 bits per heavy atom. The number of hydrogen-bond acceptors (Lipinski definition) is 5. The van der Waals surface area contributed by atoms with Crippen molar-refractivity contribution in [3.05, 3.63) is 230 Å². The standard InChI is InChI=1S/C72H60N5O2.Pt/c1-70(2,3)45-35-36-73-67(40-45)77-63-34-31-49(76-61-27-13-10-21-53(61)54-22-11-14-28-62(54)76)42-60(63)55-33-32-52(43-65(55)77)78-51-20-16-19-48(41-51)74-44-75(50-38-46(71(4,5)6)37-47(39-50)72(7,8)9)68-57(24-18-29-64(68)74)59-26-17-25-58-56-23-12-15-30-66(56)79-69(58)59;/h10-40,42,44H,1-9H3;/q-3;. The maximum Gasteiger partial charge on any atom is 0.143 e. The molecule has 1 aliphatic rings. The van der Waals surface area contributed by atoms with E-state index in [0.717, 1.165) is 89.1 Å². The Kier molecular flexibility index (Phi) is 12.1. The van der Waals surface area contributed by atoms with Gasteiger partial charge in [-0.25, -0.2) is 4.98 Å². The molecule has 0 aliphatic carbocycles. The average Bonchev–Trinajstić information content (AvgIpc) is 4.32. The van der Waals surface area contributed by atoms with Gasteiger partial charge < -0.3 is 28.1 Å². The van der Waals surface area contributed by atoms with E-state index in [9.17, 15) is 0 Å². The van der Waals surface area contributed by atoms with E-state index >= 15 is 0 Å². The van der Waals surface area contributed by atoms with E-state index in [4.69, 9.17) is 14.1 Å². The molecule has 0 radical (unpaired) electrons. The minimum absolute atomic E-state index is 0. The summed E-state index contributed by atoms with van der Waals surface area (Å²) in [5.74, 6) is 1.96. The second-order valence-corrected chi connectivity index (χ2v) is 24.2. The van der Waals surface area contributed by atoms with Crippen molar-refractivity contribution >= 4 is 88.3 Å². The third-order valence-corrected chi connectivity index (χ3v) is 15.9. The number of anilines is 4. The summed E-state index contributed by atoms with van der Waals surface area (Å²) in [4.78, 5) is 9.61. The van der Waals surface area contributed by atoms with Gasteiger partial charge in [-0.15, -0.1) is 48.1 Å². The van der Waals surface area contributed by atoms with Gasteiger partial charge in [0.05, 0.1) is 11.0 Å². The number of para-hydroxylation sites is 5. The number of rotatable bonds is 7. The molecule has 14 rings (SSSR count). The quantitative estimate of drug-likeness (QED) is 0.149. The predicted molar refractivity (Wildman–Crippen MR) is 327 cm³/mol. The van der Waals surface area contributed by atoms with Crippen molar-refractivity contribution < 1.29 is 30.2 Å². The molecule has 0 saturated heterocycles. The largest absolute Gasteiger partial charge is 0.509 e. The van der Waals surface area contributed by atoms with Crippen LogP contribution in [0, 0.1) is 18.8 Å². The summed E-state index contributed by atoms with van der Waals surface area (Å²) >= 11 is 0. The molecule has 7 nitrogen and oxygen atoms in total.